The molecular weight excluding hydrogens is 527 g/mol. The first-order chi connectivity index (χ1) is 15.5. The Balaban J connectivity index is 3.38. The molecule has 0 heterocycles. The molecule has 1 N–H and O–H groups in total. The van der Waals surface area contributed by atoms with Crippen molar-refractivity contribution < 1.29 is 76.5 Å². The molecule has 1 rings (SSSR count). The van der Waals surface area contributed by atoms with E-state index in [1.165, 1.54) is 0 Å². The van der Waals surface area contributed by atoms with Crippen LogP contribution < -0.4 is 0 Å². The van der Waals surface area contributed by atoms with Gasteiger partial charge in [0.25, 0.3) is 0 Å². The van der Waals surface area contributed by atoms with E-state index in [4.69, 9.17) is 5.11 Å². The van der Waals surface area contributed by atoms with E-state index < -0.39 is 66.2 Å². The Labute approximate surface area is 188 Å². The van der Waals surface area contributed by atoms with Crippen LogP contribution in [0.2, 0.25) is 0 Å². The number of hydrogen-bond acceptors (Lipinski definition) is 3. The van der Waals surface area contributed by atoms with Crippen molar-refractivity contribution in [1.82, 2.24) is 0 Å². The van der Waals surface area contributed by atoms with Gasteiger partial charge in [-0.3, -0.25) is 0 Å². The van der Waals surface area contributed by atoms with Crippen molar-refractivity contribution in [3.05, 3.63) is 12.2 Å². The highest BCUT2D eigenvalue weighted by molar-refractivity contribution is 5.90. The Bertz CT molecular complexity index is 799. The van der Waals surface area contributed by atoms with Gasteiger partial charge in [0.15, 0.2) is 0 Å². The zero-order valence-electron chi connectivity index (χ0n) is 17.1. The van der Waals surface area contributed by atoms with Gasteiger partial charge in [-0.15, -0.1) is 0 Å². The molecule has 1 aliphatic rings. The fraction of sp³-hybridized carbons (Fsp3) is 0.778. The lowest BCUT2D eigenvalue weighted by Gasteiger charge is -2.41. The molecule has 0 radical (unpaired) electrons. The van der Waals surface area contributed by atoms with Gasteiger partial charge in [-0.1, -0.05) is 19.3 Å². The molecule has 0 aromatic rings. The Kier molecular flexibility index (Phi) is 8.82. The number of alkyl halides is 13. The maximum absolute atomic E-state index is 14.3. The van der Waals surface area contributed by atoms with Crippen LogP contribution in [0.1, 0.15) is 38.5 Å². The maximum Gasteiger partial charge on any atom is 0.460 e. The highest BCUT2D eigenvalue weighted by Crippen LogP contribution is 2.61. The molecule has 1 saturated carbocycles. The molecule has 204 valence electrons. The normalized spacial score (nSPS) is 18.5. The predicted octanol–water partition coefficient (Wildman–Crippen LogP) is 6.25. The van der Waals surface area contributed by atoms with Gasteiger partial charge in [0.05, 0.1) is 6.42 Å². The molecule has 0 saturated heterocycles. The van der Waals surface area contributed by atoms with Gasteiger partial charge in [0, 0.05) is 12.2 Å². The quantitative estimate of drug-likeness (QED) is 0.201. The van der Waals surface area contributed by atoms with E-state index in [1.54, 1.807) is 0 Å². The number of hydrogen-bond donors (Lipinski definition) is 1. The Morgan fingerprint density at radius 1 is 0.743 bits per heavy atom. The van der Waals surface area contributed by atoms with Crippen LogP contribution in [0.5, 0.6) is 0 Å². The summed E-state index contributed by atoms with van der Waals surface area (Å²) in [5, 5.41) is 8.42. The maximum atomic E-state index is 14.3. The molecule has 1 fully saturated rings. The van der Waals surface area contributed by atoms with Crippen LogP contribution in [0.4, 0.5) is 57.1 Å². The first-order valence-corrected chi connectivity index (χ1v) is 9.60. The fourth-order valence-electron chi connectivity index (χ4n) is 3.32. The van der Waals surface area contributed by atoms with Crippen molar-refractivity contribution in [2.24, 2.45) is 5.92 Å². The van der Waals surface area contributed by atoms with Crippen LogP contribution in [-0.4, -0.2) is 58.9 Å². The minimum absolute atomic E-state index is 0.124. The van der Waals surface area contributed by atoms with Crippen LogP contribution >= 0.6 is 0 Å². The lowest BCUT2D eigenvalue weighted by Crippen LogP contribution is -2.70. The topological polar surface area (TPSA) is 63.6 Å². The third-order valence-corrected chi connectivity index (χ3v) is 5.26. The number of carboxylic acid groups (broad SMARTS) is 1. The summed E-state index contributed by atoms with van der Waals surface area (Å²) in [6, 6.07) is 0. The number of rotatable bonds is 10. The summed E-state index contributed by atoms with van der Waals surface area (Å²) in [5.74, 6) is -42.4. The Hall–Kier alpha value is -2.23. The van der Waals surface area contributed by atoms with Crippen LogP contribution in [0.15, 0.2) is 12.2 Å². The molecule has 1 unspecified atom stereocenters. The lowest BCUT2D eigenvalue weighted by molar-refractivity contribution is -0.441. The molecular formula is C18H17F13O4. The molecule has 0 bridgehead atoms. The largest absolute Gasteiger partial charge is 0.478 e. The molecule has 0 aromatic heterocycles. The summed E-state index contributed by atoms with van der Waals surface area (Å²) in [5.41, 5.74) is 0. The number of aliphatic carboxylic acids is 1. The van der Waals surface area contributed by atoms with E-state index in [1.807, 2.05) is 0 Å². The first kappa shape index (κ1) is 30.8. The van der Waals surface area contributed by atoms with Crippen molar-refractivity contribution in [2.75, 3.05) is 0 Å². The zero-order chi connectivity index (χ0) is 27.7. The van der Waals surface area contributed by atoms with Gasteiger partial charge in [0.2, 0.25) is 0 Å². The summed E-state index contributed by atoms with van der Waals surface area (Å²) in [6.45, 7) is 0. The van der Waals surface area contributed by atoms with Gasteiger partial charge >= 0.3 is 47.7 Å². The molecule has 17 heteroatoms. The van der Waals surface area contributed by atoms with E-state index >= 15 is 0 Å². The zero-order valence-corrected chi connectivity index (χ0v) is 17.1. The van der Waals surface area contributed by atoms with Crippen LogP contribution in [0.25, 0.3) is 0 Å². The summed E-state index contributed by atoms with van der Waals surface area (Å²) in [6.07, 6.45) is -11.7. The number of carbonyl (C=O) groups is 2. The standard InChI is InChI=1S/C18H17F13O4/c19-13(20,14(21,22)15(23,24)16(25,26)17(27,28)18(29,30)31)8-10(9-4-2-1-3-5-9)35-12(34)7-6-11(32)33/h6-7,9-10H,1-5,8H2,(H,32,33)/b7-6+. The third-order valence-electron chi connectivity index (χ3n) is 5.26. The molecule has 35 heavy (non-hydrogen) atoms. The summed E-state index contributed by atoms with van der Waals surface area (Å²) >= 11 is 0. The second-order valence-electron chi connectivity index (χ2n) is 7.75. The van der Waals surface area contributed by atoms with Crippen molar-refractivity contribution in [2.45, 2.75) is 80.4 Å². The smallest absolute Gasteiger partial charge is 0.460 e. The number of ether oxygens (including phenoxy) is 1. The minimum atomic E-state index is -8.02. The SMILES string of the molecule is O=C(O)/C=C/C(=O)OC(CC(F)(F)C(F)(F)C(F)(F)C(F)(F)C(F)(F)C(F)(F)F)C1CCCCC1. The van der Waals surface area contributed by atoms with Crippen molar-refractivity contribution >= 4 is 11.9 Å². The average molecular weight is 544 g/mol. The highest BCUT2D eigenvalue weighted by Gasteiger charge is 2.90. The highest BCUT2D eigenvalue weighted by atomic mass is 19.4. The van der Waals surface area contributed by atoms with Gasteiger partial charge in [-0.2, -0.15) is 57.1 Å². The molecule has 0 aliphatic heterocycles. The number of carbonyl (C=O) groups excluding carboxylic acids is 1. The second kappa shape index (κ2) is 10.0. The van der Waals surface area contributed by atoms with Gasteiger partial charge in [-0.25, -0.2) is 9.59 Å². The van der Waals surface area contributed by atoms with Crippen LogP contribution in [0.3, 0.4) is 0 Å². The van der Waals surface area contributed by atoms with Gasteiger partial charge < -0.3 is 9.84 Å². The predicted molar refractivity (Wildman–Crippen MR) is 88.6 cm³/mol. The molecule has 1 aliphatic carbocycles. The first-order valence-electron chi connectivity index (χ1n) is 9.60. The second-order valence-corrected chi connectivity index (χ2v) is 7.75. The van der Waals surface area contributed by atoms with E-state index in [0.717, 1.165) is 0 Å². The molecule has 1 atom stereocenters. The van der Waals surface area contributed by atoms with Gasteiger partial charge in [-0.05, 0) is 18.8 Å². The van der Waals surface area contributed by atoms with E-state index in [0.29, 0.717) is 6.42 Å². The monoisotopic (exact) mass is 544 g/mol. The summed E-state index contributed by atoms with van der Waals surface area (Å²) in [7, 11) is 0. The molecule has 4 nitrogen and oxygen atoms in total. The Morgan fingerprint density at radius 3 is 1.63 bits per heavy atom. The average Bonchev–Trinajstić information content (AvgIpc) is 2.70. The molecule has 0 aromatic carbocycles. The number of esters is 1. The number of carboxylic acids is 1. The Morgan fingerprint density at radius 2 is 1.20 bits per heavy atom. The van der Waals surface area contributed by atoms with E-state index in [-0.39, 0.29) is 37.8 Å². The van der Waals surface area contributed by atoms with E-state index in [2.05, 4.69) is 4.74 Å². The summed E-state index contributed by atoms with van der Waals surface area (Å²) < 4.78 is 178. The fourth-order valence-corrected chi connectivity index (χ4v) is 3.32. The van der Waals surface area contributed by atoms with Crippen molar-refractivity contribution in [3.63, 3.8) is 0 Å². The summed E-state index contributed by atoms with van der Waals surface area (Å²) in [4.78, 5) is 22.0. The van der Waals surface area contributed by atoms with Crippen molar-refractivity contribution in [3.8, 4) is 0 Å². The molecule has 0 amide bonds. The van der Waals surface area contributed by atoms with Gasteiger partial charge in [0.1, 0.15) is 6.10 Å². The third kappa shape index (κ3) is 5.95. The molecule has 0 spiro atoms. The minimum Gasteiger partial charge on any atom is -0.478 e. The van der Waals surface area contributed by atoms with Crippen LogP contribution in [-0.2, 0) is 14.3 Å². The van der Waals surface area contributed by atoms with Crippen molar-refractivity contribution in [1.29, 1.82) is 0 Å². The van der Waals surface area contributed by atoms with E-state index in [9.17, 15) is 66.7 Å². The number of halogens is 13. The van der Waals surface area contributed by atoms with Crippen LogP contribution in [0, 0.1) is 5.92 Å². The lowest BCUT2D eigenvalue weighted by atomic mass is 9.81.